The van der Waals surface area contributed by atoms with E-state index in [0.29, 0.717) is 0 Å². The van der Waals surface area contributed by atoms with E-state index in [1.165, 1.54) is 12.8 Å². The molecule has 5 nitrogen and oxygen atoms in total. The second kappa shape index (κ2) is 12.4. The first kappa shape index (κ1) is 22.0. The number of hydrogen-bond acceptors (Lipinski definition) is 3. The van der Waals surface area contributed by atoms with Gasteiger partial charge in [-0.2, -0.15) is 0 Å². The third-order valence-electron chi connectivity index (χ3n) is 4.47. The van der Waals surface area contributed by atoms with Crippen molar-refractivity contribution in [3.8, 4) is 0 Å². The minimum atomic E-state index is 0. The SMILES string of the molecule is C=CCCCN(C)C(=NCC(c1ccco1)N1CCCC1)NCC.I. The summed E-state index contributed by atoms with van der Waals surface area (Å²) in [6, 6.07) is 4.27. The number of guanidine groups is 1. The van der Waals surface area contributed by atoms with Crippen LogP contribution in [0.25, 0.3) is 0 Å². The Morgan fingerprint density at radius 3 is 2.84 bits per heavy atom. The molecule has 6 heteroatoms. The van der Waals surface area contributed by atoms with Crippen molar-refractivity contribution in [2.45, 2.75) is 38.6 Å². The predicted octanol–water partition coefficient (Wildman–Crippen LogP) is 3.90. The second-order valence-electron chi connectivity index (χ2n) is 6.32. The van der Waals surface area contributed by atoms with Crippen molar-refractivity contribution < 1.29 is 4.42 Å². The first-order valence-electron chi connectivity index (χ1n) is 9.14. The van der Waals surface area contributed by atoms with E-state index in [0.717, 1.165) is 57.3 Å². The van der Waals surface area contributed by atoms with Crippen molar-refractivity contribution in [1.29, 1.82) is 0 Å². The molecule has 1 aliphatic heterocycles. The summed E-state index contributed by atoms with van der Waals surface area (Å²) in [4.78, 5) is 9.59. The molecule has 1 atom stereocenters. The van der Waals surface area contributed by atoms with Crippen LogP contribution in [0.2, 0.25) is 0 Å². The van der Waals surface area contributed by atoms with Gasteiger partial charge in [-0.25, -0.2) is 0 Å². The lowest BCUT2D eigenvalue weighted by Crippen LogP contribution is -2.40. The summed E-state index contributed by atoms with van der Waals surface area (Å²) >= 11 is 0. The maximum absolute atomic E-state index is 5.68. The summed E-state index contributed by atoms with van der Waals surface area (Å²) in [6.45, 7) is 10.7. The highest BCUT2D eigenvalue weighted by Gasteiger charge is 2.25. The van der Waals surface area contributed by atoms with Gasteiger partial charge in [0.05, 0.1) is 18.8 Å². The average molecular weight is 460 g/mol. The smallest absolute Gasteiger partial charge is 0.193 e. The van der Waals surface area contributed by atoms with E-state index in [4.69, 9.17) is 9.41 Å². The van der Waals surface area contributed by atoms with Gasteiger partial charge >= 0.3 is 0 Å². The van der Waals surface area contributed by atoms with E-state index >= 15 is 0 Å². The number of nitrogens with one attached hydrogen (secondary N) is 1. The second-order valence-corrected chi connectivity index (χ2v) is 6.32. The third-order valence-corrected chi connectivity index (χ3v) is 4.47. The molecule has 1 N–H and O–H groups in total. The Morgan fingerprint density at radius 1 is 1.48 bits per heavy atom. The van der Waals surface area contributed by atoms with E-state index in [-0.39, 0.29) is 30.0 Å². The van der Waals surface area contributed by atoms with Gasteiger partial charge in [0.2, 0.25) is 0 Å². The number of nitrogens with zero attached hydrogens (tertiary/aromatic N) is 3. The Bertz CT molecular complexity index is 498. The molecule has 1 aromatic heterocycles. The molecule has 0 aromatic carbocycles. The molecule has 0 aliphatic carbocycles. The van der Waals surface area contributed by atoms with Crippen molar-refractivity contribution >= 4 is 29.9 Å². The van der Waals surface area contributed by atoms with Crippen LogP contribution in [0.15, 0.2) is 40.5 Å². The standard InChI is InChI=1S/C19H32N4O.HI/c1-4-6-7-12-22(3)19(20-5-2)21-16-17(18-11-10-15-24-18)23-13-8-9-14-23;/h4,10-11,15,17H,1,5-9,12-14,16H2,2-3H3,(H,20,21);1H. The Kier molecular flexibility index (Phi) is 10.9. The normalized spacial score (nSPS) is 16.3. The summed E-state index contributed by atoms with van der Waals surface area (Å²) in [5.74, 6) is 1.99. The van der Waals surface area contributed by atoms with E-state index in [1.807, 2.05) is 12.1 Å². The zero-order valence-corrected chi connectivity index (χ0v) is 17.9. The molecular weight excluding hydrogens is 427 g/mol. The Hall–Kier alpha value is -1.02. The molecule has 1 aromatic rings. The Balaban J connectivity index is 0.00000312. The van der Waals surface area contributed by atoms with Crippen LogP contribution < -0.4 is 5.32 Å². The molecule has 2 rings (SSSR count). The molecule has 0 bridgehead atoms. The predicted molar refractivity (Wildman–Crippen MR) is 116 cm³/mol. The summed E-state index contributed by atoms with van der Waals surface area (Å²) in [5, 5.41) is 3.40. The molecule has 0 radical (unpaired) electrons. The Labute approximate surface area is 169 Å². The lowest BCUT2D eigenvalue weighted by atomic mass is 10.2. The molecule has 1 unspecified atom stereocenters. The highest BCUT2D eigenvalue weighted by atomic mass is 127. The van der Waals surface area contributed by atoms with Crippen LogP contribution in [0.4, 0.5) is 0 Å². The zero-order chi connectivity index (χ0) is 17.2. The summed E-state index contributed by atoms with van der Waals surface area (Å²) in [6.07, 6.45) is 8.39. The molecule has 1 fully saturated rings. The topological polar surface area (TPSA) is 44.0 Å². The van der Waals surface area contributed by atoms with Gasteiger partial charge in [0.25, 0.3) is 0 Å². The van der Waals surface area contributed by atoms with Gasteiger partial charge in [-0.05, 0) is 57.8 Å². The molecule has 1 aliphatic rings. The minimum Gasteiger partial charge on any atom is -0.468 e. The minimum absolute atomic E-state index is 0. The van der Waals surface area contributed by atoms with Crippen molar-refractivity contribution in [3.05, 3.63) is 36.8 Å². The van der Waals surface area contributed by atoms with Crippen LogP contribution in [0.3, 0.4) is 0 Å². The summed E-state index contributed by atoms with van der Waals surface area (Å²) in [5.41, 5.74) is 0. The van der Waals surface area contributed by atoms with Crippen LogP contribution in [0, 0.1) is 0 Å². The van der Waals surface area contributed by atoms with Gasteiger partial charge in [-0.3, -0.25) is 9.89 Å². The van der Waals surface area contributed by atoms with Crippen LogP contribution in [-0.4, -0.2) is 55.5 Å². The molecular formula is C19H33IN4O. The van der Waals surface area contributed by atoms with Gasteiger partial charge in [-0.1, -0.05) is 6.08 Å². The number of unbranched alkanes of at least 4 members (excludes halogenated alkanes) is 1. The van der Waals surface area contributed by atoms with E-state index in [9.17, 15) is 0 Å². The fourth-order valence-electron chi connectivity index (χ4n) is 3.14. The largest absolute Gasteiger partial charge is 0.468 e. The van der Waals surface area contributed by atoms with Crippen LogP contribution in [0.5, 0.6) is 0 Å². The van der Waals surface area contributed by atoms with Gasteiger partial charge in [-0.15, -0.1) is 30.6 Å². The van der Waals surface area contributed by atoms with Crippen LogP contribution in [0.1, 0.15) is 44.4 Å². The maximum Gasteiger partial charge on any atom is 0.193 e. The fourth-order valence-corrected chi connectivity index (χ4v) is 3.14. The number of likely N-dealkylation sites (tertiary alicyclic amines) is 1. The van der Waals surface area contributed by atoms with Crippen molar-refractivity contribution in [2.75, 3.05) is 39.8 Å². The molecule has 0 amide bonds. The molecule has 2 heterocycles. The molecule has 1 saturated heterocycles. The number of hydrogen-bond donors (Lipinski definition) is 1. The molecule has 0 spiro atoms. The van der Waals surface area contributed by atoms with Crippen LogP contribution >= 0.6 is 24.0 Å². The van der Waals surface area contributed by atoms with Crippen molar-refractivity contribution in [3.63, 3.8) is 0 Å². The molecule has 25 heavy (non-hydrogen) atoms. The molecule has 142 valence electrons. The lowest BCUT2D eigenvalue weighted by molar-refractivity contribution is 0.220. The van der Waals surface area contributed by atoms with E-state index in [1.54, 1.807) is 6.26 Å². The van der Waals surface area contributed by atoms with Gasteiger partial charge in [0.1, 0.15) is 5.76 Å². The number of aliphatic imine (C=N–C) groups is 1. The first-order chi connectivity index (χ1) is 11.8. The average Bonchev–Trinajstić information content (AvgIpc) is 3.28. The summed E-state index contributed by atoms with van der Waals surface area (Å²) in [7, 11) is 2.10. The number of rotatable bonds is 9. The van der Waals surface area contributed by atoms with Crippen molar-refractivity contribution in [2.24, 2.45) is 4.99 Å². The lowest BCUT2D eigenvalue weighted by Gasteiger charge is -2.26. The van der Waals surface area contributed by atoms with Gasteiger partial charge < -0.3 is 14.6 Å². The first-order valence-corrected chi connectivity index (χ1v) is 9.14. The fraction of sp³-hybridized carbons (Fsp3) is 0.632. The molecule has 0 saturated carbocycles. The highest BCUT2D eigenvalue weighted by Crippen LogP contribution is 2.25. The van der Waals surface area contributed by atoms with Gasteiger partial charge in [0.15, 0.2) is 5.96 Å². The summed E-state index contributed by atoms with van der Waals surface area (Å²) < 4.78 is 5.68. The highest BCUT2D eigenvalue weighted by molar-refractivity contribution is 14.0. The van der Waals surface area contributed by atoms with Crippen molar-refractivity contribution in [1.82, 2.24) is 15.1 Å². The zero-order valence-electron chi connectivity index (χ0n) is 15.6. The van der Waals surface area contributed by atoms with Gasteiger partial charge in [0, 0.05) is 20.1 Å². The third kappa shape index (κ3) is 7.01. The quantitative estimate of drug-likeness (QED) is 0.200. The van der Waals surface area contributed by atoms with Crippen LogP contribution in [-0.2, 0) is 0 Å². The number of halogens is 1. The number of allylic oxidation sites excluding steroid dienone is 1. The number of furan rings is 1. The van der Waals surface area contributed by atoms with E-state index in [2.05, 4.69) is 41.7 Å². The maximum atomic E-state index is 5.68. The monoisotopic (exact) mass is 460 g/mol. The van der Waals surface area contributed by atoms with E-state index < -0.39 is 0 Å². The Morgan fingerprint density at radius 2 is 2.24 bits per heavy atom.